The first-order valence-electron chi connectivity index (χ1n) is 4.56. The second kappa shape index (κ2) is 4.97. The fourth-order valence-electron chi connectivity index (χ4n) is 1.12. The van der Waals surface area contributed by atoms with Crippen LogP contribution in [0.25, 0.3) is 12.2 Å². The predicted octanol–water partition coefficient (Wildman–Crippen LogP) is 3.77. The minimum absolute atomic E-state index is 0.978. The van der Waals surface area contributed by atoms with Crippen LogP contribution in [0.15, 0.2) is 13.2 Å². The molecule has 0 aliphatic rings. The molecule has 1 nitrogen and oxygen atoms in total. The molecule has 0 unspecified atom stereocenters. The Hall–Kier alpha value is -0.890. The lowest BCUT2D eigenvalue weighted by Crippen LogP contribution is -1.82. The van der Waals surface area contributed by atoms with Gasteiger partial charge in [0, 0.05) is 0 Å². The SMILES string of the molecule is C=Cc1nc(CCCC)sc1C=C. The van der Waals surface area contributed by atoms with Gasteiger partial charge in [0.15, 0.2) is 0 Å². The van der Waals surface area contributed by atoms with E-state index in [0.29, 0.717) is 0 Å². The van der Waals surface area contributed by atoms with Crippen molar-refractivity contribution in [1.29, 1.82) is 0 Å². The predicted molar refractivity (Wildman–Crippen MR) is 60.9 cm³/mol. The summed E-state index contributed by atoms with van der Waals surface area (Å²) in [5.41, 5.74) is 0.978. The molecular formula is C11H15NS. The molecule has 0 saturated heterocycles. The van der Waals surface area contributed by atoms with E-state index in [2.05, 4.69) is 25.1 Å². The third-order valence-corrected chi connectivity index (χ3v) is 2.98. The monoisotopic (exact) mass is 193 g/mol. The smallest absolute Gasteiger partial charge is 0.0938 e. The zero-order chi connectivity index (χ0) is 9.68. The summed E-state index contributed by atoms with van der Waals surface area (Å²) in [5, 5.41) is 1.20. The van der Waals surface area contributed by atoms with Crippen molar-refractivity contribution in [3.8, 4) is 0 Å². The maximum Gasteiger partial charge on any atom is 0.0938 e. The summed E-state index contributed by atoms with van der Waals surface area (Å²) in [6, 6.07) is 0. The highest BCUT2D eigenvalue weighted by Gasteiger charge is 2.04. The molecule has 1 rings (SSSR count). The van der Waals surface area contributed by atoms with Gasteiger partial charge in [0.05, 0.1) is 15.6 Å². The van der Waals surface area contributed by atoms with Gasteiger partial charge in [-0.1, -0.05) is 26.5 Å². The second-order valence-electron chi connectivity index (χ2n) is 2.87. The van der Waals surface area contributed by atoms with Gasteiger partial charge in [-0.3, -0.25) is 0 Å². The summed E-state index contributed by atoms with van der Waals surface area (Å²) in [6.45, 7) is 9.68. The summed E-state index contributed by atoms with van der Waals surface area (Å²) in [7, 11) is 0. The summed E-state index contributed by atoms with van der Waals surface area (Å²) in [6.07, 6.45) is 7.15. The van der Waals surface area contributed by atoms with E-state index in [4.69, 9.17) is 0 Å². The first-order valence-corrected chi connectivity index (χ1v) is 5.38. The van der Waals surface area contributed by atoms with E-state index in [0.717, 1.165) is 17.0 Å². The van der Waals surface area contributed by atoms with E-state index in [1.54, 1.807) is 17.4 Å². The second-order valence-corrected chi connectivity index (χ2v) is 3.98. The maximum atomic E-state index is 4.47. The fourth-order valence-corrected chi connectivity index (χ4v) is 2.08. The van der Waals surface area contributed by atoms with Crippen LogP contribution < -0.4 is 0 Å². The van der Waals surface area contributed by atoms with Crippen molar-refractivity contribution < 1.29 is 0 Å². The molecule has 0 spiro atoms. The van der Waals surface area contributed by atoms with E-state index in [1.165, 1.54) is 17.8 Å². The molecule has 0 saturated carbocycles. The number of rotatable bonds is 5. The van der Waals surface area contributed by atoms with Gasteiger partial charge in [0.25, 0.3) is 0 Å². The molecule has 70 valence electrons. The molecule has 0 aliphatic heterocycles. The van der Waals surface area contributed by atoms with E-state index in [9.17, 15) is 0 Å². The van der Waals surface area contributed by atoms with Crippen molar-refractivity contribution in [1.82, 2.24) is 4.98 Å². The Bertz CT molecular complexity index is 274. The molecule has 0 amide bonds. The lowest BCUT2D eigenvalue weighted by molar-refractivity contribution is 0.789. The average Bonchev–Trinajstić information content (AvgIpc) is 2.57. The molecule has 1 heterocycles. The Labute approximate surface area is 83.8 Å². The van der Waals surface area contributed by atoms with Crippen molar-refractivity contribution in [3.05, 3.63) is 28.7 Å². The van der Waals surface area contributed by atoms with Gasteiger partial charge < -0.3 is 0 Å². The van der Waals surface area contributed by atoms with Crippen LogP contribution in [0.3, 0.4) is 0 Å². The van der Waals surface area contributed by atoms with Gasteiger partial charge in [-0.15, -0.1) is 11.3 Å². The summed E-state index contributed by atoms with van der Waals surface area (Å²) in [4.78, 5) is 5.61. The summed E-state index contributed by atoms with van der Waals surface area (Å²) >= 11 is 1.72. The Balaban J connectivity index is 2.80. The average molecular weight is 193 g/mol. The van der Waals surface area contributed by atoms with Gasteiger partial charge in [0.1, 0.15) is 0 Å². The molecule has 0 aliphatic carbocycles. The number of thiazole rings is 1. The first-order chi connectivity index (χ1) is 6.31. The van der Waals surface area contributed by atoms with E-state index >= 15 is 0 Å². The lowest BCUT2D eigenvalue weighted by atomic mass is 10.2. The fraction of sp³-hybridized carbons (Fsp3) is 0.364. The number of hydrogen-bond acceptors (Lipinski definition) is 2. The number of nitrogens with zero attached hydrogens (tertiary/aromatic N) is 1. The molecule has 0 N–H and O–H groups in total. The molecule has 1 aromatic heterocycles. The zero-order valence-corrected chi connectivity index (χ0v) is 8.86. The third-order valence-electron chi connectivity index (χ3n) is 1.85. The molecule has 13 heavy (non-hydrogen) atoms. The molecule has 0 fully saturated rings. The van der Waals surface area contributed by atoms with Gasteiger partial charge in [-0.05, 0) is 25.0 Å². The Morgan fingerprint density at radius 2 is 2.15 bits per heavy atom. The standard InChI is InChI=1S/C11H15NS/c1-4-7-8-11-12-9(5-2)10(6-3)13-11/h5-6H,2-4,7-8H2,1H3. The van der Waals surface area contributed by atoms with Gasteiger partial charge >= 0.3 is 0 Å². The largest absolute Gasteiger partial charge is 0.241 e. The Morgan fingerprint density at radius 1 is 1.38 bits per heavy atom. The normalized spacial score (nSPS) is 9.92. The van der Waals surface area contributed by atoms with Crippen LogP contribution in [0.2, 0.25) is 0 Å². The topological polar surface area (TPSA) is 12.9 Å². The molecule has 0 aromatic carbocycles. The Kier molecular flexibility index (Phi) is 3.90. The number of unbranched alkanes of at least 4 members (excludes halogenated alkanes) is 1. The van der Waals surface area contributed by atoms with Crippen molar-refractivity contribution in [2.45, 2.75) is 26.2 Å². The maximum absolute atomic E-state index is 4.47. The molecule has 2 heteroatoms. The third kappa shape index (κ3) is 2.52. The minimum atomic E-state index is 0.978. The van der Waals surface area contributed by atoms with Crippen LogP contribution in [0.5, 0.6) is 0 Å². The number of hydrogen-bond donors (Lipinski definition) is 0. The van der Waals surface area contributed by atoms with Crippen LogP contribution in [-0.2, 0) is 6.42 Å². The van der Waals surface area contributed by atoms with Crippen LogP contribution in [-0.4, -0.2) is 4.98 Å². The summed E-state index contributed by atoms with van der Waals surface area (Å²) in [5.74, 6) is 0. The van der Waals surface area contributed by atoms with E-state index in [-0.39, 0.29) is 0 Å². The number of aromatic nitrogens is 1. The van der Waals surface area contributed by atoms with Gasteiger partial charge in [0.2, 0.25) is 0 Å². The molecule has 0 bridgehead atoms. The molecular weight excluding hydrogens is 178 g/mol. The van der Waals surface area contributed by atoms with Crippen molar-refractivity contribution in [3.63, 3.8) is 0 Å². The summed E-state index contributed by atoms with van der Waals surface area (Å²) < 4.78 is 0. The number of aryl methyl sites for hydroxylation is 1. The van der Waals surface area contributed by atoms with Crippen LogP contribution >= 0.6 is 11.3 Å². The van der Waals surface area contributed by atoms with Crippen LogP contribution in [0.4, 0.5) is 0 Å². The zero-order valence-electron chi connectivity index (χ0n) is 8.05. The molecule has 1 aromatic rings. The van der Waals surface area contributed by atoms with Crippen LogP contribution in [0, 0.1) is 0 Å². The Morgan fingerprint density at radius 3 is 2.62 bits per heavy atom. The van der Waals surface area contributed by atoms with Crippen molar-refractivity contribution in [2.75, 3.05) is 0 Å². The lowest BCUT2D eigenvalue weighted by Gasteiger charge is -1.89. The minimum Gasteiger partial charge on any atom is -0.241 e. The quantitative estimate of drug-likeness (QED) is 0.693. The first kappa shape index (κ1) is 10.2. The highest BCUT2D eigenvalue weighted by atomic mass is 32.1. The van der Waals surface area contributed by atoms with E-state index < -0.39 is 0 Å². The molecule has 0 atom stereocenters. The molecule has 0 radical (unpaired) electrons. The highest BCUT2D eigenvalue weighted by molar-refractivity contribution is 7.12. The van der Waals surface area contributed by atoms with E-state index in [1.807, 2.05) is 6.08 Å². The van der Waals surface area contributed by atoms with Crippen molar-refractivity contribution >= 4 is 23.5 Å². The van der Waals surface area contributed by atoms with Gasteiger partial charge in [-0.2, -0.15) is 0 Å². The van der Waals surface area contributed by atoms with Crippen molar-refractivity contribution in [2.24, 2.45) is 0 Å². The van der Waals surface area contributed by atoms with Gasteiger partial charge in [-0.25, -0.2) is 4.98 Å². The van der Waals surface area contributed by atoms with Crippen LogP contribution in [0.1, 0.15) is 35.3 Å². The highest BCUT2D eigenvalue weighted by Crippen LogP contribution is 2.21.